The second kappa shape index (κ2) is 10.4. The highest BCUT2D eigenvalue weighted by Crippen LogP contribution is 2.12. The monoisotopic (exact) mass is 364 g/mol. The fraction of sp³-hybridized carbons (Fsp3) is 0.190. The van der Waals surface area contributed by atoms with Gasteiger partial charge in [0, 0.05) is 18.2 Å². The van der Waals surface area contributed by atoms with E-state index in [1.165, 1.54) is 6.08 Å². The van der Waals surface area contributed by atoms with E-state index >= 15 is 0 Å². The number of hydrogen-bond donors (Lipinski definition) is 1. The van der Waals surface area contributed by atoms with Crippen LogP contribution < -0.4 is 10.1 Å². The number of nitrogens with zero attached hydrogens (tertiary/aromatic N) is 1. The summed E-state index contributed by atoms with van der Waals surface area (Å²) in [6.45, 7) is 0.207. The molecule has 2 aromatic carbocycles. The number of benzene rings is 2. The lowest BCUT2D eigenvalue weighted by molar-refractivity contribution is -0.144. The Morgan fingerprint density at radius 1 is 1.15 bits per heavy atom. The third-order valence-electron chi connectivity index (χ3n) is 3.70. The normalized spacial score (nSPS) is 10.2. The van der Waals surface area contributed by atoms with E-state index in [1.54, 1.807) is 49.6 Å². The first-order valence-corrected chi connectivity index (χ1v) is 8.36. The van der Waals surface area contributed by atoms with Crippen LogP contribution >= 0.6 is 0 Å². The first-order chi connectivity index (χ1) is 13.1. The van der Waals surface area contributed by atoms with Crippen molar-refractivity contribution >= 4 is 18.0 Å². The largest absolute Gasteiger partial charge is 0.497 e. The Morgan fingerprint density at radius 2 is 1.89 bits per heavy atom. The third-order valence-corrected chi connectivity index (χ3v) is 3.70. The number of carbonyl (C=O) groups excluding carboxylic acids is 2. The Labute approximate surface area is 158 Å². The molecule has 0 aliphatic carbocycles. The lowest BCUT2D eigenvalue weighted by atomic mass is 10.1. The van der Waals surface area contributed by atoms with E-state index < -0.39 is 5.97 Å². The SMILES string of the molecule is COc1ccc(/C=C/C(=O)NCCC(=O)OCc2ccccc2C#N)cc1. The third kappa shape index (κ3) is 6.67. The lowest BCUT2D eigenvalue weighted by Crippen LogP contribution is -2.24. The summed E-state index contributed by atoms with van der Waals surface area (Å²) in [7, 11) is 1.59. The standard InChI is InChI=1S/C21H20N2O4/c1-26-19-9-6-16(7-10-19)8-11-20(24)23-13-12-21(25)27-15-18-5-3-2-4-17(18)14-22/h2-11H,12-13,15H2,1H3,(H,23,24)/b11-8+. The van der Waals surface area contributed by atoms with Crippen molar-refractivity contribution < 1.29 is 19.1 Å². The Kier molecular flexibility index (Phi) is 7.61. The van der Waals surface area contributed by atoms with Crippen molar-refractivity contribution in [3.05, 3.63) is 71.3 Å². The average Bonchev–Trinajstić information content (AvgIpc) is 2.71. The molecule has 0 saturated carbocycles. The van der Waals surface area contributed by atoms with Crippen LogP contribution in [0.15, 0.2) is 54.6 Å². The summed E-state index contributed by atoms with van der Waals surface area (Å²) in [5.74, 6) is 0.00290. The van der Waals surface area contributed by atoms with Crippen molar-refractivity contribution in [3.8, 4) is 11.8 Å². The van der Waals surface area contributed by atoms with Gasteiger partial charge < -0.3 is 14.8 Å². The zero-order valence-corrected chi connectivity index (χ0v) is 15.0. The van der Waals surface area contributed by atoms with Crippen LogP contribution in [0, 0.1) is 11.3 Å². The van der Waals surface area contributed by atoms with E-state index in [-0.39, 0.29) is 25.5 Å². The molecule has 0 unspecified atom stereocenters. The molecule has 27 heavy (non-hydrogen) atoms. The van der Waals surface area contributed by atoms with Gasteiger partial charge in [0.25, 0.3) is 0 Å². The second-order valence-electron chi connectivity index (χ2n) is 5.58. The summed E-state index contributed by atoms with van der Waals surface area (Å²) in [4.78, 5) is 23.5. The molecule has 6 heteroatoms. The van der Waals surface area contributed by atoms with Crippen LogP contribution in [0.4, 0.5) is 0 Å². The van der Waals surface area contributed by atoms with Crippen LogP contribution in [0.3, 0.4) is 0 Å². The molecule has 2 aromatic rings. The quantitative estimate of drug-likeness (QED) is 0.575. The van der Waals surface area contributed by atoms with Crippen molar-refractivity contribution in [2.24, 2.45) is 0 Å². The van der Waals surface area contributed by atoms with Crippen molar-refractivity contribution in [1.29, 1.82) is 5.26 Å². The first kappa shape index (κ1) is 19.7. The molecule has 0 spiro atoms. The minimum Gasteiger partial charge on any atom is -0.497 e. The van der Waals surface area contributed by atoms with Gasteiger partial charge in [-0.2, -0.15) is 5.26 Å². The van der Waals surface area contributed by atoms with Gasteiger partial charge in [-0.05, 0) is 29.8 Å². The van der Waals surface area contributed by atoms with Crippen molar-refractivity contribution in [2.75, 3.05) is 13.7 Å². The molecule has 6 nitrogen and oxygen atoms in total. The Hall–Kier alpha value is -3.59. The number of rotatable bonds is 8. The van der Waals surface area contributed by atoms with Crippen molar-refractivity contribution in [3.63, 3.8) is 0 Å². The van der Waals surface area contributed by atoms with E-state index in [1.807, 2.05) is 18.2 Å². The fourth-order valence-corrected chi connectivity index (χ4v) is 2.22. The van der Waals surface area contributed by atoms with Gasteiger partial charge in [0.1, 0.15) is 12.4 Å². The number of amides is 1. The van der Waals surface area contributed by atoms with Crippen molar-refractivity contribution in [2.45, 2.75) is 13.0 Å². The van der Waals surface area contributed by atoms with Crippen LogP contribution in [0.25, 0.3) is 6.08 Å². The molecular formula is C21H20N2O4. The average molecular weight is 364 g/mol. The number of hydrogen-bond acceptors (Lipinski definition) is 5. The summed E-state index contributed by atoms with van der Waals surface area (Å²) in [5.41, 5.74) is 1.99. The van der Waals surface area contributed by atoms with Crippen LogP contribution in [0.2, 0.25) is 0 Å². The molecule has 0 fully saturated rings. The van der Waals surface area contributed by atoms with Gasteiger partial charge in [-0.3, -0.25) is 9.59 Å². The highest BCUT2D eigenvalue weighted by Gasteiger charge is 2.07. The maximum atomic E-state index is 11.8. The van der Waals surface area contributed by atoms with Gasteiger partial charge in [0.05, 0.1) is 25.2 Å². The van der Waals surface area contributed by atoms with Gasteiger partial charge in [-0.15, -0.1) is 0 Å². The molecule has 0 atom stereocenters. The van der Waals surface area contributed by atoms with Crippen LogP contribution in [-0.4, -0.2) is 25.5 Å². The molecule has 0 aliphatic heterocycles. The molecular weight excluding hydrogens is 344 g/mol. The van der Waals surface area contributed by atoms with Crippen LogP contribution in [0.5, 0.6) is 5.75 Å². The molecule has 0 aliphatic rings. The second-order valence-corrected chi connectivity index (χ2v) is 5.58. The fourth-order valence-electron chi connectivity index (χ4n) is 2.22. The number of methoxy groups -OCH3 is 1. The minimum atomic E-state index is -0.442. The minimum absolute atomic E-state index is 0.0356. The molecule has 0 heterocycles. The number of nitriles is 1. The Balaban J connectivity index is 1.70. The summed E-state index contributed by atoms with van der Waals surface area (Å²) >= 11 is 0. The Bertz CT molecular complexity index is 851. The molecule has 1 amide bonds. The van der Waals surface area contributed by atoms with Gasteiger partial charge in [0.2, 0.25) is 5.91 Å². The molecule has 0 radical (unpaired) electrons. The van der Waals surface area contributed by atoms with Gasteiger partial charge >= 0.3 is 5.97 Å². The summed E-state index contributed by atoms with van der Waals surface area (Å²) in [6.07, 6.45) is 3.12. The predicted molar refractivity (Wildman–Crippen MR) is 101 cm³/mol. The van der Waals surface area contributed by atoms with E-state index in [0.717, 1.165) is 11.3 Å². The number of ether oxygens (including phenoxy) is 2. The zero-order valence-electron chi connectivity index (χ0n) is 15.0. The maximum Gasteiger partial charge on any atom is 0.307 e. The van der Waals surface area contributed by atoms with Gasteiger partial charge in [0.15, 0.2) is 0 Å². The molecule has 0 saturated heterocycles. The lowest BCUT2D eigenvalue weighted by Gasteiger charge is -2.06. The molecule has 138 valence electrons. The highest BCUT2D eigenvalue weighted by atomic mass is 16.5. The van der Waals surface area contributed by atoms with E-state index in [4.69, 9.17) is 14.7 Å². The van der Waals surface area contributed by atoms with Gasteiger partial charge in [-0.1, -0.05) is 30.3 Å². The molecule has 2 rings (SSSR count). The molecule has 0 bridgehead atoms. The first-order valence-electron chi connectivity index (χ1n) is 8.36. The predicted octanol–water partition coefficient (Wildman–Crippen LogP) is 2.83. The Morgan fingerprint density at radius 3 is 2.59 bits per heavy atom. The smallest absolute Gasteiger partial charge is 0.307 e. The summed E-state index contributed by atoms with van der Waals surface area (Å²) in [5, 5.41) is 11.6. The molecule has 1 N–H and O–H groups in total. The summed E-state index contributed by atoms with van der Waals surface area (Å²) in [6, 6.07) is 16.2. The van der Waals surface area contributed by atoms with Gasteiger partial charge in [-0.25, -0.2) is 0 Å². The maximum absolute atomic E-state index is 11.8. The van der Waals surface area contributed by atoms with E-state index in [0.29, 0.717) is 11.1 Å². The van der Waals surface area contributed by atoms with Crippen LogP contribution in [0.1, 0.15) is 23.1 Å². The molecule has 0 aromatic heterocycles. The number of nitrogens with one attached hydrogen (secondary N) is 1. The topological polar surface area (TPSA) is 88.4 Å². The van der Waals surface area contributed by atoms with E-state index in [2.05, 4.69) is 5.32 Å². The number of carbonyl (C=O) groups is 2. The van der Waals surface area contributed by atoms with E-state index in [9.17, 15) is 9.59 Å². The van der Waals surface area contributed by atoms with Crippen LogP contribution in [-0.2, 0) is 20.9 Å². The summed E-state index contributed by atoms with van der Waals surface area (Å²) < 4.78 is 10.2. The van der Waals surface area contributed by atoms with Crippen molar-refractivity contribution in [1.82, 2.24) is 5.32 Å². The highest BCUT2D eigenvalue weighted by molar-refractivity contribution is 5.91. The zero-order chi connectivity index (χ0) is 19.5. The number of esters is 1.